The van der Waals surface area contributed by atoms with Crippen molar-refractivity contribution in [2.24, 2.45) is 0 Å². The number of carbonyl (C=O) groups excluding carboxylic acids is 1. The molecular weight excluding hydrogens is 384 g/mol. The molecule has 8 nitrogen and oxygen atoms in total. The molecule has 160 valence electrons. The number of likely N-dealkylation sites (tertiary alicyclic amines) is 1. The minimum atomic E-state index is -0.0157. The number of benzene rings is 1. The highest BCUT2D eigenvalue weighted by Gasteiger charge is 2.31. The maximum Gasteiger partial charge on any atom is 0.276 e. The van der Waals surface area contributed by atoms with E-state index in [1.54, 1.807) is 6.07 Å². The number of aryl methyl sites for hydroxylation is 1. The van der Waals surface area contributed by atoms with Gasteiger partial charge in [-0.2, -0.15) is 0 Å². The minimum Gasteiger partial charge on any atom is -0.454 e. The first-order valence-electron chi connectivity index (χ1n) is 10.7. The third kappa shape index (κ3) is 4.02. The van der Waals surface area contributed by atoms with Crippen molar-refractivity contribution < 1.29 is 18.8 Å². The molecule has 1 amide bonds. The van der Waals surface area contributed by atoms with Gasteiger partial charge in [-0.15, -0.1) is 0 Å². The second-order valence-corrected chi connectivity index (χ2v) is 8.37. The highest BCUT2D eigenvalue weighted by Crippen LogP contribution is 2.33. The molecule has 2 aromatic rings. The number of fused-ring (bicyclic) bond motifs is 1. The van der Waals surface area contributed by atoms with Crippen LogP contribution in [0.25, 0.3) is 0 Å². The van der Waals surface area contributed by atoms with Gasteiger partial charge in [0, 0.05) is 57.9 Å². The zero-order chi connectivity index (χ0) is 20.5. The largest absolute Gasteiger partial charge is 0.454 e. The lowest BCUT2D eigenvalue weighted by molar-refractivity contribution is 0.0401. The van der Waals surface area contributed by atoms with E-state index in [1.807, 2.05) is 17.9 Å². The SMILES string of the molecule is Cc1cc(C(=O)N2CCC[C@H](N3CCN(Cc4ccc5c(c4)OCO5)CC3)C2)no1. The molecule has 2 saturated heterocycles. The number of hydrogen-bond acceptors (Lipinski definition) is 7. The van der Waals surface area contributed by atoms with Crippen molar-refractivity contribution in [3.8, 4) is 11.5 Å². The fraction of sp³-hybridized carbons (Fsp3) is 0.545. The smallest absolute Gasteiger partial charge is 0.276 e. The first-order chi connectivity index (χ1) is 14.7. The molecule has 3 aliphatic heterocycles. The molecule has 0 bridgehead atoms. The van der Waals surface area contributed by atoms with Crippen LogP contribution < -0.4 is 9.47 Å². The Morgan fingerprint density at radius 3 is 2.73 bits per heavy atom. The van der Waals surface area contributed by atoms with E-state index in [9.17, 15) is 4.79 Å². The van der Waals surface area contributed by atoms with Gasteiger partial charge in [-0.05, 0) is 37.5 Å². The van der Waals surface area contributed by atoms with Gasteiger partial charge in [0.1, 0.15) is 5.76 Å². The number of piperazine rings is 1. The summed E-state index contributed by atoms with van der Waals surface area (Å²) in [6, 6.07) is 8.35. The molecule has 1 aromatic carbocycles. The molecule has 1 aromatic heterocycles. The Balaban J connectivity index is 1.14. The van der Waals surface area contributed by atoms with Crippen LogP contribution in [-0.2, 0) is 6.54 Å². The van der Waals surface area contributed by atoms with Crippen LogP contribution in [-0.4, -0.2) is 77.9 Å². The van der Waals surface area contributed by atoms with Crippen molar-refractivity contribution in [3.05, 3.63) is 41.3 Å². The van der Waals surface area contributed by atoms with Gasteiger partial charge in [0.2, 0.25) is 6.79 Å². The van der Waals surface area contributed by atoms with Crippen molar-refractivity contribution in [2.75, 3.05) is 46.1 Å². The number of nitrogens with zero attached hydrogens (tertiary/aromatic N) is 4. The van der Waals surface area contributed by atoms with Crippen LogP contribution in [0.3, 0.4) is 0 Å². The van der Waals surface area contributed by atoms with E-state index in [2.05, 4.69) is 27.1 Å². The summed E-state index contributed by atoms with van der Waals surface area (Å²) < 4.78 is 16.0. The number of rotatable bonds is 4. The van der Waals surface area contributed by atoms with Gasteiger partial charge in [-0.1, -0.05) is 11.2 Å². The highest BCUT2D eigenvalue weighted by molar-refractivity contribution is 5.92. The maximum atomic E-state index is 12.7. The Labute approximate surface area is 176 Å². The van der Waals surface area contributed by atoms with Gasteiger partial charge in [0.15, 0.2) is 17.2 Å². The monoisotopic (exact) mass is 412 g/mol. The standard InChI is InChI=1S/C22H28N4O4/c1-16-11-19(23-30-16)22(27)26-6-2-3-18(14-26)25-9-7-24(8-10-25)13-17-4-5-20-21(12-17)29-15-28-20/h4-5,11-12,18H,2-3,6-10,13-15H2,1H3/t18-/m0/s1. The Morgan fingerprint density at radius 1 is 1.10 bits per heavy atom. The molecule has 8 heteroatoms. The molecule has 2 fully saturated rings. The number of hydrogen-bond donors (Lipinski definition) is 0. The Bertz CT molecular complexity index is 906. The third-order valence-electron chi connectivity index (χ3n) is 6.30. The zero-order valence-corrected chi connectivity index (χ0v) is 17.4. The van der Waals surface area contributed by atoms with Crippen LogP contribution in [0.2, 0.25) is 0 Å². The summed E-state index contributed by atoms with van der Waals surface area (Å²) in [7, 11) is 0. The predicted octanol–water partition coefficient (Wildman–Crippen LogP) is 2.13. The third-order valence-corrected chi connectivity index (χ3v) is 6.30. The average molecular weight is 412 g/mol. The van der Waals surface area contributed by atoms with Gasteiger partial charge in [-0.3, -0.25) is 14.6 Å². The normalized spacial score (nSPS) is 22.4. The molecule has 0 spiro atoms. The van der Waals surface area contributed by atoms with E-state index < -0.39 is 0 Å². The van der Waals surface area contributed by atoms with Crippen molar-refractivity contribution in [3.63, 3.8) is 0 Å². The van der Waals surface area contributed by atoms with E-state index in [0.29, 0.717) is 24.3 Å². The minimum absolute atomic E-state index is 0.0157. The highest BCUT2D eigenvalue weighted by atomic mass is 16.7. The van der Waals surface area contributed by atoms with Crippen LogP contribution in [0.5, 0.6) is 11.5 Å². The second-order valence-electron chi connectivity index (χ2n) is 8.37. The molecule has 0 aliphatic carbocycles. The average Bonchev–Trinajstić information content (AvgIpc) is 3.42. The fourth-order valence-electron chi connectivity index (χ4n) is 4.65. The molecule has 5 rings (SSSR count). The predicted molar refractivity (Wildman–Crippen MR) is 110 cm³/mol. The molecule has 0 saturated carbocycles. The Morgan fingerprint density at radius 2 is 1.93 bits per heavy atom. The number of amides is 1. The Hall–Kier alpha value is -2.58. The van der Waals surface area contributed by atoms with Crippen molar-refractivity contribution in [2.45, 2.75) is 32.4 Å². The van der Waals surface area contributed by atoms with Crippen molar-refractivity contribution >= 4 is 5.91 Å². The number of aromatic nitrogens is 1. The van der Waals surface area contributed by atoms with E-state index in [-0.39, 0.29) is 5.91 Å². The van der Waals surface area contributed by atoms with E-state index >= 15 is 0 Å². The first kappa shape index (κ1) is 19.4. The summed E-state index contributed by atoms with van der Waals surface area (Å²) in [6.45, 7) is 8.73. The summed E-state index contributed by atoms with van der Waals surface area (Å²) >= 11 is 0. The van der Waals surface area contributed by atoms with E-state index in [0.717, 1.165) is 70.2 Å². The molecule has 4 heterocycles. The van der Waals surface area contributed by atoms with Gasteiger partial charge in [0.25, 0.3) is 5.91 Å². The summed E-state index contributed by atoms with van der Waals surface area (Å²) in [6.07, 6.45) is 2.18. The van der Waals surface area contributed by atoms with Crippen LogP contribution in [0.15, 0.2) is 28.8 Å². The zero-order valence-electron chi connectivity index (χ0n) is 17.4. The van der Waals surface area contributed by atoms with Crippen LogP contribution in [0, 0.1) is 6.92 Å². The van der Waals surface area contributed by atoms with Gasteiger partial charge < -0.3 is 18.9 Å². The number of carbonyl (C=O) groups is 1. The lowest BCUT2D eigenvalue weighted by Crippen LogP contribution is -2.55. The molecule has 30 heavy (non-hydrogen) atoms. The summed E-state index contributed by atoms with van der Waals surface area (Å²) in [5.74, 6) is 2.34. The molecule has 1 atom stereocenters. The number of piperidine rings is 1. The quantitative estimate of drug-likeness (QED) is 0.762. The second kappa shape index (κ2) is 8.28. The number of ether oxygens (including phenoxy) is 2. The van der Waals surface area contributed by atoms with Gasteiger partial charge >= 0.3 is 0 Å². The van der Waals surface area contributed by atoms with Crippen LogP contribution in [0.4, 0.5) is 0 Å². The molecule has 0 unspecified atom stereocenters. The van der Waals surface area contributed by atoms with Crippen LogP contribution >= 0.6 is 0 Å². The van der Waals surface area contributed by atoms with E-state index in [1.165, 1.54) is 5.56 Å². The van der Waals surface area contributed by atoms with Gasteiger partial charge in [0.05, 0.1) is 0 Å². The molecular formula is C22H28N4O4. The lowest BCUT2D eigenvalue weighted by Gasteiger charge is -2.43. The lowest BCUT2D eigenvalue weighted by atomic mass is 10.0. The van der Waals surface area contributed by atoms with Crippen molar-refractivity contribution in [1.82, 2.24) is 19.9 Å². The summed E-state index contributed by atoms with van der Waals surface area (Å²) in [4.78, 5) is 19.7. The van der Waals surface area contributed by atoms with E-state index in [4.69, 9.17) is 14.0 Å². The molecule has 0 radical (unpaired) electrons. The molecule has 3 aliphatic rings. The first-order valence-corrected chi connectivity index (χ1v) is 10.7. The topological polar surface area (TPSA) is 71.3 Å². The summed E-state index contributed by atoms with van der Waals surface area (Å²) in [5.41, 5.74) is 1.67. The summed E-state index contributed by atoms with van der Waals surface area (Å²) in [5, 5.41) is 3.90. The Kier molecular flexibility index (Phi) is 5.35. The molecule has 0 N–H and O–H groups in total. The van der Waals surface area contributed by atoms with Crippen molar-refractivity contribution in [1.29, 1.82) is 0 Å². The maximum absolute atomic E-state index is 12.7. The fourth-order valence-corrected chi connectivity index (χ4v) is 4.65. The van der Waals surface area contributed by atoms with Gasteiger partial charge in [-0.25, -0.2) is 0 Å². The van der Waals surface area contributed by atoms with Crippen LogP contribution in [0.1, 0.15) is 34.7 Å².